The molecule has 0 atom stereocenters. The van der Waals surface area contributed by atoms with Crippen molar-refractivity contribution in [2.45, 2.75) is 0 Å². The zero-order chi connectivity index (χ0) is 7.71. The Morgan fingerprint density at radius 2 is 0.923 bits per heavy atom. The van der Waals surface area contributed by atoms with Gasteiger partial charge in [0.15, 0.2) is 0 Å². The quantitative estimate of drug-likeness (QED) is 0.290. The molecule has 0 aromatic heterocycles. The number of hydrogen-bond donors (Lipinski definition) is 4. The molecule has 13 heteroatoms. The van der Waals surface area contributed by atoms with Gasteiger partial charge in [-0.15, -0.1) is 0 Å². The van der Waals surface area contributed by atoms with Crippen LogP contribution in [0.15, 0.2) is 0 Å². The topological polar surface area (TPSA) is 124 Å². The van der Waals surface area contributed by atoms with Gasteiger partial charge in [0.1, 0.15) is 0 Å². The molecule has 0 fully saturated rings. The van der Waals surface area contributed by atoms with Crippen LogP contribution in [-0.4, -0.2) is 19.6 Å². The molecular weight excluding hydrogens is 266 g/mol. The molecule has 0 amide bonds. The summed E-state index contributed by atoms with van der Waals surface area (Å²) < 4.78 is 22.2. The van der Waals surface area contributed by atoms with Crippen LogP contribution in [-0.2, 0) is 13.4 Å². The van der Waals surface area contributed by atoms with Crippen LogP contribution in [0, 0.1) is 0 Å². The van der Waals surface area contributed by atoms with E-state index in [4.69, 9.17) is 19.6 Å². The van der Waals surface area contributed by atoms with Gasteiger partial charge in [0.05, 0.1) is 0 Å². The molecule has 0 spiro atoms. The van der Waals surface area contributed by atoms with Crippen LogP contribution >= 0.6 is 15.6 Å². The van der Waals surface area contributed by atoms with Gasteiger partial charge in [-0.2, -0.15) is 4.31 Å². The van der Waals surface area contributed by atoms with Gasteiger partial charge in [-0.25, -0.2) is 9.13 Å². The predicted octanol–water partition coefficient (Wildman–Crippen LogP) is -12.7. The molecule has 0 aliphatic heterocycles. The van der Waals surface area contributed by atoms with Gasteiger partial charge in [-0.3, -0.25) is 0 Å². The van der Waals surface area contributed by atoms with Crippen LogP contribution < -0.4 is 118 Å². The summed E-state index contributed by atoms with van der Waals surface area (Å²) in [5, 5.41) is 0. The molecule has 7 nitrogen and oxygen atoms in total. The first kappa shape index (κ1) is 30.4. The molecule has 0 saturated heterocycles. The minimum absolute atomic E-state index is 0. The van der Waals surface area contributed by atoms with Gasteiger partial charge in [0.25, 0.3) is 0 Å². The zero-order valence-electron chi connectivity index (χ0n) is 8.91. The van der Waals surface area contributed by atoms with E-state index in [0.29, 0.717) is 0 Å². The van der Waals surface area contributed by atoms with Crippen LogP contribution in [0.1, 0.15) is 1.43 Å². The second-order valence-electron chi connectivity index (χ2n) is 1.06. The van der Waals surface area contributed by atoms with Crippen molar-refractivity contribution in [3.63, 3.8) is 0 Å². The molecule has 0 bridgehead atoms. The Labute approximate surface area is 165 Å². The van der Waals surface area contributed by atoms with Crippen molar-refractivity contribution in [2.24, 2.45) is 0 Å². The standard InChI is InChI=1S/4Na.H4O7P2/c;;;;1-8(2,3)7-9(4,5)6/h;;;;(H2,1,2,3)(H2,4,5,6)/q4*+1;/p+1. The second-order valence-corrected chi connectivity index (χ2v) is 3.68. The minimum Gasteiger partial charge on any atom is -0.302 e. The average molecular weight is 271 g/mol. The van der Waals surface area contributed by atoms with E-state index in [2.05, 4.69) is 4.31 Å². The Hall–Kier alpha value is 4.26. The summed E-state index contributed by atoms with van der Waals surface area (Å²) >= 11 is 0. The van der Waals surface area contributed by atoms with E-state index in [1.54, 1.807) is 0 Å². The van der Waals surface area contributed by atoms with Crippen LogP contribution in [0.4, 0.5) is 0 Å². The summed E-state index contributed by atoms with van der Waals surface area (Å²) in [7, 11) is -10.1. The van der Waals surface area contributed by atoms with Gasteiger partial charge < -0.3 is 19.6 Å². The maximum absolute atomic E-state index is 9.63. The predicted molar refractivity (Wildman–Crippen MR) is 26.3 cm³/mol. The molecule has 0 radical (unpaired) electrons. The van der Waals surface area contributed by atoms with E-state index in [1.807, 2.05) is 0 Å². The smallest absolute Gasteiger partial charge is 0.302 e. The third kappa shape index (κ3) is 31.4. The summed E-state index contributed by atoms with van der Waals surface area (Å²) in [6.45, 7) is 0. The largest absolute Gasteiger partial charge is 1.00 e. The molecule has 0 aromatic rings. The van der Waals surface area contributed by atoms with Crippen molar-refractivity contribution in [2.75, 3.05) is 0 Å². The van der Waals surface area contributed by atoms with Crippen molar-refractivity contribution < 1.29 is 153 Å². The Kier molecular flexibility index (Phi) is 29.7. The van der Waals surface area contributed by atoms with Gasteiger partial charge in [-0.05, 0) is 0 Å². The zero-order valence-corrected chi connectivity index (χ0v) is 17.7. The maximum Gasteiger partial charge on any atom is 1.00 e. The van der Waals surface area contributed by atoms with Crippen LogP contribution in [0.2, 0.25) is 0 Å². The Morgan fingerprint density at radius 1 is 0.769 bits per heavy atom. The van der Waals surface area contributed by atoms with Gasteiger partial charge >= 0.3 is 135 Å². The number of rotatable bonds is 2. The number of phosphoric acid groups is 2. The fourth-order valence-corrected chi connectivity index (χ4v) is 1.25. The first-order valence-corrected chi connectivity index (χ1v) is 4.59. The van der Waals surface area contributed by atoms with Gasteiger partial charge in [0, 0.05) is 0 Å². The van der Waals surface area contributed by atoms with Gasteiger partial charge in [-0.1, -0.05) is 0 Å². The summed E-state index contributed by atoms with van der Waals surface area (Å²) in [5.41, 5.74) is 0. The minimum atomic E-state index is -5.05. The molecule has 0 aliphatic carbocycles. The summed E-state index contributed by atoms with van der Waals surface area (Å²) in [4.78, 5) is 31.0. The van der Waals surface area contributed by atoms with E-state index in [1.165, 1.54) is 0 Å². The van der Waals surface area contributed by atoms with Crippen LogP contribution in [0.25, 0.3) is 0 Å². The molecule has 0 unspecified atom stereocenters. The van der Waals surface area contributed by atoms with Crippen LogP contribution in [0.5, 0.6) is 0 Å². The first-order valence-electron chi connectivity index (χ1n) is 1.53. The second kappa shape index (κ2) is 12.7. The van der Waals surface area contributed by atoms with E-state index >= 15 is 0 Å². The first-order chi connectivity index (χ1) is 3.71. The maximum atomic E-state index is 9.63. The van der Waals surface area contributed by atoms with E-state index in [-0.39, 0.29) is 120 Å². The summed E-state index contributed by atoms with van der Waals surface area (Å²) in [5.74, 6) is 0. The van der Waals surface area contributed by atoms with E-state index < -0.39 is 15.6 Å². The van der Waals surface area contributed by atoms with Crippen molar-refractivity contribution >= 4 is 15.6 Å². The molecule has 0 aromatic carbocycles. The van der Waals surface area contributed by atoms with Crippen molar-refractivity contribution in [1.82, 2.24) is 0 Å². The fourth-order valence-electron chi connectivity index (χ4n) is 0.139. The normalized spacial score (nSPS) is 9.54. The molecule has 56 valence electrons. The van der Waals surface area contributed by atoms with Crippen molar-refractivity contribution in [1.29, 1.82) is 0 Å². The average Bonchev–Trinajstić information content (AvgIpc) is 1.14. The third-order valence-electron chi connectivity index (χ3n) is 0.213. The SMILES string of the molecule is O=P(O)(O)OP(=O)(O)O.[H+].[Na+].[Na+].[Na+].[Na+]. The van der Waals surface area contributed by atoms with Crippen molar-refractivity contribution in [3.05, 3.63) is 0 Å². The number of hydrogen-bond acceptors (Lipinski definition) is 3. The Balaban J connectivity index is -0.0000000320. The molecule has 0 heterocycles. The molecule has 0 aliphatic rings. The molecular formula is H5Na4O7P2+5. The van der Waals surface area contributed by atoms with Crippen molar-refractivity contribution in [3.8, 4) is 0 Å². The molecule has 0 rings (SSSR count). The van der Waals surface area contributed by atoms with E-state index in [9.17, 15) is 9.13 Å². The Morgan fingerprint density at radius 3 is 0.923 bits per heavy atom. The molecule has 0 saturated carbocycles. The molecule has 13 heavy (non-hydrogen) atoms. The monoisotopic (exact) mass is 271 g/mol. The Bertz CT molecular complexity index is 164. The third-order valence-corrected chi connectivity index (χ3v) is 1.91. The summed E-state index contributed by atoms with van der Waals surface area (Å²) in [6.07, 6.45) is 0. The van der Waals surface area contributed by atoms with E-state index in [0.717, 1.165) is 0 Å². The van der Waals surface area contributed by atoms with Crippen LogP contribution in [0.3, 0.4) is 0 Å². The summed E-state index contributed by atoms with van der Waals surface area (Å²) in [6, 6.07) is 0. The fraction of sp³-hybridized carbons (Fsp3) is 0. The molecule has 4 N–H and O–H groups in total. The van der Waals surface area contributed by atoms with Gasteiger partial charge in [0.2, 0.25) is 0 Å².